The van der Waals surface area contributed by atoms with Gasteiger partial charge in [0.1, 0.15) is 0 Å². The number of hydrogen-bond acceptors (Lipinski definition) is 5. The van der Waals surface area contributed by atoms with Crippen LogP contribution in [0.4, 0.5) is 5.69 Å². The van der Waals surface area contributed by atoms with Gasteiger partial charge < -0.3 is 9.80 Å². The Morgan fingerprint density at radius 2 is 1.81 bits per heavy atom. The van der Waals surface area contributed by atoms with E-state index < -0.39 is 0 Å². The van der Waals surface area contributed by atoms with E-state index in [2.05, 4.69) is 24.0 Å². The highest BCUT2D eigenvalue weighted by atomic mass is 35.5. The van der Waals surface area contributed by atoms with Crippen LogP contribution in [-0.4, -0.2) is 52.3 Å². The van der Waals surface area contributed by atoms with Crippen LogP contribution in [0.15, 0.2) is 58.5 Å². The SMILES string of the molecule is Cc1cccc(Cc2c(C)nc(SCCCC(=O)N3CCN(c4ccccc4Cl)CC3)n(C)c2=O)c1. The first kappa shape index (κ1) is 26.3. The lowest BCUT2D eigenvalue weighted by Gasteiger charge is -2.36. The Morgan fingerprint density at radius 3 is 2.53 bits per heavy atom. The van der Waals surface area contributed by atoms with E-state index in [0.717, 1.165) is 52.8 Å². The Balaban J connectivity index is 1.26. The van der Waals surface area contributed by atoms with E-state index in [9.17, 15) is 9.59 Å². The lowest BCUT2D eigenvalue weighted by molar-refractivity contribution is -0.131. The number of aryl methyl sites for hydroxylation is 2. The third-order valence-electron chi connectivity index (χ3n) is 6.60. The molecule has 8 heteroatoms. The first-order valence-electron chi connectivity index (χ1n) is 12.4. The molecule has 1 aliphatic rings. The maximum atomic E-state index is 13.0. The molecule has 0 radical (unpaired) electrons. The van der Waals surface area contributed by atoms with E-state index in [1.165, 1.54) is 17.3 Å². The summed E-state index contributed by atoms with van der Waals surface area (Å²) >= 11 is 7.86. The van der Waals surface area contributed by atoms with Gasteiger partial charge in [-0.25, -0.2) is 4.98 Å². The van der Waals surface area contributed by atoms with Crippen molar-refractivity contribution in [2.75, 3.05) is 36.8 Å². The summed E-state index contributed by atoms with van der Waals surface area (Å²) in [5, 5.41) is 1.45. The first-order chi connectivity index (χ1) is 17.3. The maximum Gasteiger partial charge on any atom is 0.257 e. The van der Waals surface area contributed by atoms with Crippen molar-refractivity contribution in [3.8, 4) is 0 Å². The molecule has 2 aromatic carbocycles. The van der Waals surface area contributed by atoms with Gasteiger partial charge in [0.2, 0.25) is 5.91 Å². The van der Waals surface area contributed by atoms with E-state index in [0.29, 0.717) is 31.1 Å². The molecular weight excluding hydrogens is 492 g/mol. The monoisotopic (exact) mass is 524 g/mol. The van der Waals surface area contributed by atoms with Crippen LogP contribution in [0, 0.1) is 13.8 Å². The van der Waals surface area contributed by atoms with Crippen molar-refractivity contribution >= 4 is 35.0 Å². The minimum atomic E-state index is -0.000951. The van der Waals surface area contributed by atoms with Gasteiger partial charge >= 0.3 is 0 Å². The Bertz CT molecular complexity index is 1280. The van der Waals surface area contributed by atoms with Gasteiger partial charge in [0, 0.05) is 63.1 Å². The average molecular weight is 525 g/mol. The highest BCUT2D eigenvalue weighted by Crippen LogP contribution is 2.26. The highest BCUT2D eigenvalue weighted by molar-refractivity contribution is 7.99. The summed E-state index contributed by atoms with van der Waals surface area (Å²) in [6, 6.07) is 16.1. The number of aromatic nitrogens is 2. The Kier molecular flexibility index (Phi) is 8.75. The molecule has 0 N–H and O–H groups in total. The molecule has 0 atom stereocenters. The van der Waals surface area contributed by atoms with E-state index >= 15 is 0 Å². The number of amides is 1. The van der Waals surface area contributed by atoms with Crippen LogP contribution < -0.4 is 10.5 Å². The van der Waals surface area contributed by atoms with Crippen LogP contribution >= 0.6 is 23.4 Å². The quantitative estimate of drug-likeness (QED) is 0.239. The number of halogens is 1. The van der Waals surface area contributed by atoms with E-state index in [1.54, 1.807) is 11.6 Å². The van der Waals surface area contributed by atoms with E-state index in [-0.39, 0.29) is 11.5 Å². The first-order valence-corrected chi connectivity index (χ1v) is 13.7. The zero-order valence-electron chi connectivity index (χ0n) is 21.2. The van der Waals surface area contributed by atoms with Gasteiger partial charge in [0.05, 0.1) is 10.7 Å². The lowest BCUT2D eigenvalue weighted by Crippen LogP contribution is -2.48. The molecule has 2 heterocycles. The third-order valence-corrected chi connectivity index (χ3v) is 8.04. The predicted molar refractivity (Wildman–Crippen MR) is 148 cm³/mol. The highest BCUT2D eigenvalue weighted by Gasteiger charge is 2.22. The van der Waals surface area contributed by atoms with Crippen LogP contribution in [-0.2, 0) is 18.3 Å². The zero-order chi connectivity index (χ0) is 25.7. The number of para-hydroxylation sites is 1. The normalized spacial score (nSPS) is 13.8. The second-order valence-electron chi connectivity index (χ2n) is 9.26. The van der Waals surface area contributed by atoms with E-state index in [1.807, 2.05) is 48.2 Å². The fourth-order valence-corrected chi connectivity index (χ4v) is 5.74. The summed E-state index contributed by atoms with van der Waals surface area (Å²) in [5.41, 5.74) is 4.83. The number of thioether (sulfide) groups is 1. The van der Waals surface area contributed by atoms with Crippen LogP contribution in [0.5, 0.6) is 0 Å². The Labute approximate surface area is 222 Å². The molecule has 0 unspecified atom stereocenters. The van der Waals surface area contributed by atoms with Gasteiger partial charge in [0.25, 0.3) is 5.56 Å². The van der Waals surface area contributed by atoms with Crippen molar-refractivity contribution in [1.82, 2.24) is 14.5 Å². The number of carbonyl (C=O) groups excluding carboxylic acids is 1. The predicted octanol–water partition coefficient (Wildman–Crippen LogP) is 4.86. The van der Waals surface area contributed by atoms with Crippen LogP contribution in [0.2, 0.25) is 5.02 Å². The second kappa shape index (κ2) is 12.0. The fourth-order valence-electron chi connectivity index (χ4n) is 4.54. The molecule has 1 saturated heterocycles. The van der Waals surface area contributed by atoms with Gasteiger partial charge in [-0.05, 0) is 38.0 Å². The molecule has 36 heavy (non-hydrogen) atoms. The number of benzene rings is 2. The average Bonchev–Trinajstić information content (AvgIpc) is 2.87. The molecule has 1 amide bonds. The largest absolute Gasteiger partial charge is 0.367 e. The number of anilines is 1. The molecule has 0 saturated carbocycles. The summed E-state index contributed by atoms with van der Waals surface area (Å²) in [7, 11) is 1.78. The summed E-state index contributed by atoms with van der Waals surface area (Å²) < 4.78 is 1.64. The van der Waals surface area contributed by atoms with Crippen LogP contribution in [0.1, 0.15) is 35.2 Å². The van der Waals surface area contributed by atoms with Gasteiger partial charge in [0.15, 0.2) is 5.16 Å². The second-order valence-corrected chi connectivity index (χ2v) is 10.7. The number of carbonyl (C=O) groups is 1. The van der Waals surface area contributed by atoms with Gasteiger partial charge in [-0.2, -0.15) is 0 Å². The molecule has 0 spiro atoms. The Morgan fingerprint density at radius 1 is 1.06 bits per heavy atom. The fraction of sp³-hybridized carbons (Fsp3) is 0.393. The summed E-state index contributed by atoms with van der Waals surface area (Å²) in [4.78, 5) is 34.7. The van der Waals surface area contributed by atoms with Gasteiger partial charge in [-0.15, -0.1) is 0 Å². The molecule has 190 valence electrons. The molecule has 1 aromatic heterocycles. The smallest absolute Gasteiger partial charge is 0.257 e. The molecule has 3 aromatic rings. The zero-order valence-corrected chi connectivity index (χ0v) is 22.7. The van der Waals surface area contributed by atoms with Gasteiger partial charge in [-0.1, -0.05) is 65.3 Å². The number of piperazine rings is 1. The number of nitrogens with zero attached hydrogens (tertiary/aromatic N) is 4. The summed E-state index contributed by atoms with van der Waals surface area (Å²) in [5.74, 6) is 0.920. The molecule has 1 aliphatic heterocycles. The molecule has 0 aliphatic carbocycles. The standard InChI is InChI=1S/C28H33ClN4O2S/c1-20-8-6-9-22(18-20)19-23-21(2)30-28(31(3)27(23)35)36-17-7-12-26(34)33-15-13-32(14-16-33)25-11-5-4-10-24(25)29/h4-6,8-11,18H,7,12-17,19H2,1-3H3. The molecule has 1 fully saturated rings. The van der Waals surface area contributed by atoms with Crippen LogP contribution in [0.25, 0.3) is 0 Å². The van der Waals surface area contributed by atoms with E-state index in [4.69, 9.17) is 16.6 Å². The molecule has 0 bridgehead atoms. The van der Waals surface area contributed by atoms with Crippen molar-refractivity contribution in [1.29, 1.82) is 0 Å². The topological polar surface area (TPSA) is 58.4 Å². The lowest BCUT2D eigenvalue weighted by atomic mass is 10.0. The molecule has 6 nitrogen and oxygen atoms in total. The van der Waals surface area contributed by atoms with Crippen LogP contribution in [0.3, 0.4) is 0 Å². The minimum absolute atomic E-state index is 0.000951. The maximum absolute atomic E-state index is 13.0. The number of rotatable bonds is 8. The van der Waals surface area contributed by atoms with Gasteiger partial charge in [-0.3, -0.25) is 14.2 Å². The van der Waals surface area contributed by atoms with Crippen molar-refractivity contribution in [3.63, 3.8) is 0 Å². The van der Waals surface area contributed by atoms with Crippen molar-refractivity contribution in [3.05, 3.63) is 86.3 Å². The minimum Gasteiger partial charge on any atom is -0.367 e. The Hall–Kier alpha value is -2.77. The molecular formula is C28H33ClN4O2S. The third kappa shape index (κ3) is 6.31. The summed E-state index contributed by atoms with van der Waals surface area (Å²) in [6.45, 7) is 6.93. The molecule has 4 rings (SSSR count). The van der Waals surface area contributed by atoms with Crippen molar-refractivity contribution in [2.45, 2.75) is 38.3 Å². The number of hydrogen-bond donors (Lipinski definition) is 0. The summed E-state index contributed by atoms with van der Waals surface area (Å²) in [6.07, 6.45) is 1.82. The van der Waals surface area contributed by atoms with Crippen molar-refractivity contribution in [2.24, 2.45) is 7.05 Å². The van der Waals surface area contributed by atoms with Crippen molar-refractivity contribution < 1.29 is 4.79 Å².